The minimum absolute atomic E-state index is 0.0665. The summed E-state index contributed by atoms with van der Waals surface area (Å²) in [5.41, 5.74) is 3.97. The largest absolute Gasteiger partial charge is 0.339 e. The van der Waals surface area contributed by atoms with Crippen molar-refractivity contribution < 1.29 is 9.32 Å². The molecule has 1 amide bonds. The Hall–Kier alpha value is -2.95. The fraction of sp³-hybridized carbons (Fsp3) is 0.211. The van der Waals surface area contributed by atoms with Crippen LogP contribution in [0.3, 0.4) is 0 Å². The predicted molar refractivity (Wildman–Crippen MR) is 92.6 cm³/mol. The fourth-order valence-electron chi connectivity index (χ4n) is 2.38. The number of amides is 1. The normalized spacial score (nSPS) is 10.6. The lowest BCUT2D eigenvalue weighted by atomic mass is 10.1. The number of rotatable bonds is 5. The molecular weight excluding hydrogens is 302 g/mol. The van der Waals surface area contributed by atoms with Crippen molar-refractivity contribution >= 4 is 11.6 Å². The van der Waals surface area contributed by atoms with Gasteiger partial charge in [0.15, 0.2) is 0 Å². The van der Waals surface area contributed by atoms with E-state index >= 15 is 0 Å². The maximum Gasteiger partial charge on any atom is 0.227 e. The van der Waals surface area contributed by atoms with Crippen LogP contribution in [-0.4, -0.2) is 16.0 Å². The molecule has 0 aliphatic heterocycles. The molecule has 0 unspecified atom stereocenters. The lowest BCUT2D eigenvalue weighted by Gasteiger charge is -2.09. The van der Waals surface area contributed by atoms with E-state index in [1.807, 2.05) is 62.4 Å². The summed E-state index contributed by atoms with van der Waals surface area (Å²) in [6.45, 7) is 4.02. The number of aromatic nitrogens is 2. The van der Waals surface area contributed by atoms with Gasteiger partial charge in [-0.1, -0.05) is 47.6 Å². The van der Waals surface area contributed by atoms with Gasteiger partial charge in [0.25, 0.3) is 0 Å². The van der Waals surface area contributed by atoms with Crippen molar-refractivity contribution in [2.75, 3.05) is 5.32 Å². The molecule has 3 aromatic rings. The number of benzene rings is 2. The Labute approximate surface area is 140 Å². The second-order valence-corrected chi connectivity index (χ2v) is 5.67. The highest BCUT2D eigenvalue weighted by atomic mass is 16.5. The van der Waals surface area contributed by atoms with Gasteiger partial charge in [0, 0.05) is 24.1 Å². The smallest absolute Gasteiger partial charge is 0.227 e. The molecule has 0 saturated carbocycles. The van der Waals surface area contributed by atoms with Gasteiger partial charge >= 0.3 is 0 Å². The van der Waals surface area contributed by atoms with E-state index in [0.717, 1.165) is 22.4 Å². The first kappa shape index (κ1) is 15.9. The molecule has 122 valence electrons. The predicted octanol–water partition coefficient (Wildman–Crippen LogP) is 3.92. The van der Waals surface area contributed by atoms with Gasteiger partial charge in [0.2, 0.25) is 17.6 Å². The van der Waals surface area contributed by atoms with Crippen molar-refractivity contribution in [3.05, 3.63) is 65.5 Å². The number of hydrogen-bond donors (Lipinski definition) is 1. The molecule has 0 aliphatic rings. The highest BCUT2D eigenvalue weighted by molar-refractivity contribution is 5.91. The first-order valence-corrected chi connectivity index (χ1v) is 7.87. The van der Waals surface area contributed by atoms with Crippen LogP contribution >= 0.6 is 0 Å². The summed E-state index contributed by atoms with van der Waals surface area (Å²) in [5.74, 6) is 0.939. The van der Waals surface area contributed by atoms with Crippen molar-refractivity contribution in [1.29, 1.82) is 0 Å². The van der Waals surface area contributed by atoms with E-state index in [0.29, 0.717) is 24.6 Å². The third kappa shape index (κ3) is 3.68. The number of carbonyl (C=O) groups excluding carboxylic acids is 1. The zero-order chi connectivity index (χ0) is 16.9. The Kier molecular flexibility index (Phi) is 4.70. The third-order valence-corrected chi connectivity index (χ3v) is 3.94. The van der Waals surface area contributed by atoms with Crippen LogP contribution in [0.25, 0.3) is 11.4 Å². The Bertz CT molecular complexity index is 841. The Morgan fingerprint density at radius 1 is 1.08 bits per heavy atom. The molecular formula is C19H19N3O2. The van der Waals surface area contributed by atoms with Crippen LogP contribution in [0, 0.1) is 13.8 Å². The van der Waals surface area contributed by atoms with E-state index in [9.17, 15) is 4.79 Å². The first-order chi connectivity index (χ1) is 11.6. The van der Waals surface area contributed by atoms with Crippen LogP contribution in [0.15, 0.2) is 53.1 Å². The zero-order valence-electron chi connectivity index (χ0n) is 13.7. The summed E-state index contributed by atoms with van der Waals surface area (Å²) in [6.07, 6.45) is 0.709. The van der Waals surface area contributed by atoms with E-state index in [2.05, 4.69) is 15.5 Å². The van der Waals surface area contributed by atoms with Gasteiger partial charge in [-0.15, -0.1) is 0 Å². The van der Waals surface area contributed by atoms with Crippen LogP contribution in [0.2, 0.25) is 0 Å². The monoisotopic (exact) mass is 321 g/mol. The van der Waals surface area contributed by atoms with Gasteiger partial charge in [-0.25, -0.2) is 0 Å². The molecule has 0 bridgehead atoms. The van der Waals surface area contributed by atoms with Crippen molar-refractivity contribution in [3.63, 3.8) is 0 Å². The van der Waals surface area contributed by atoms with Gasteiger partial charge in [-0.05, 0) is 31.0 Å². The maximum absolute atomic E-state index is 12.1. The molecule has 0 fully saturated rings. The quantitative estimate of drug-likeness (QED) is 0.773. The molecule has 5 nitrogen and oxygen atoms in total. The molecule has 0 aliphatic carbocycles. The Balaban J connectivity index is 1.59. The van der Waals surface area contributed by atoms with E-state index in [1.54, 1.807) is 0 Å². The van der Waals surface area contributed by atoms with Crippen molar-refractivity contribution in [2.24, 2.45) is 0 Å². The van der Waals surface area contributed by atoms with E-state index in [-0.39, 0.29) is 5.91 Å². The second-order valence-electron chi connectivity index (χ2n) is 5.67. The molecule has 0 saturated heterocycles. The van der Waals surface area contributed by atoms with Crippen LogP contribution in [0.4, 0.5) is 5.69 Å². The number of nitrogens with zero attached hydrogens (tertiary/aromatic N) is 2. The summed E-state index contributed by atoms with van der Waals surface area (Å²) < 4.78 is 5.22. The molecule has 1 aromatic heterocycles. The van der Waals surface area contributed by atoms with Crippen LogP contribution in [-0.2, 0) is 11.2 Å². The number of aryl methyl sites for hydroxylation is 2. The number of hydrogen-bond acceptors (Lipinski definition) is 4. The summed E-state index contributed by atoms with van der Waals surface area (Å²) in [5, 5.41) is 6.89. The van der Waals surface area contributed by atoms with Crippen molar-refractivity contribution in [3.8, 4) is 11.4 Å². The number of nitrogens with one attached hydrogen (secondary N) is 1. The number of carbonyl (C=O) groups is 1. The lowest BCUT2D eigenvalue weighted by molar-refractivity contribution is -0.116. The van der Waals surface area contributed by atoms with Gasteiger partial charge in [-0.3, -0.25) is 4.79 Å². The summed E-state index contributed by atoms with van der Waals surface area (Å²) in [7, 11) is 0. The molecule has 3 rings (SSSR count). The summed E-state index contributed by atoms with van der Waals surface area (Å²) >= 11 is 0. The molecule has 0 spiro atoms. The number of anilines is 1. The maximum atomic E-state index is 12.1. The third-order valence-electron chi connectivity index (χ3n) is 3.94. The lowest BCUT2D eigenvalue weighted by Crippen LogP contribution is -2.13. The van der Waals surface area contributed by atoms with Crippen LogP contribution in [0.5, 0.6) is 0 Å². The van der Waals surface area contributed by atoms with Gasteiger partial charge in [0.1, 0.15) is 0 Å². The minimum atomic E-state index is -0.0665. The molecule has 5 heteroatoms. The van der Waals surface area contributed by atoms with Gasteiger partial charge < -0.3 is 9.84 Å². The molecule has 2 aromatic carbocycles. The van der Waals surface area contributed by atoms with E-state index < -0.39 is 0 Å². The minimum Gasteiger partial charge on any atom is -0.339 e. The summed E-state index contributed by atoms with van der Waals surface area (Å²) in [4.78, 5) is 16.5. The standard InChI is InChI=1S/C19H19N3O2/c1-13-7-6-10-16(14(13)2)20-17(23)11-12-18-21-19(22-24-18)15-8-4-3-5-9-15/h3-10H,11-12H2,1-2H3,(H,20,23). The molecule has 1 heterocycles. The average Bonchev–Trinajstić information content (AvgIpc) is 3.07. The summed E-state index contributed by atoms with van der Waals surface area (Å²) in [6, 6.07) is 15.5. The van der Waals surface area contributed by atoms with Crippen molar-refractivity contribution in [1.82, 2.24) is 10.1 Å². The SMILES string of the molecule is Cc1cccc(NC(=O)CCc2nc(-c3ccccc3)no2)c1C. The van der Waals surface area contributed by atoms with E-state index in [1.165, 1.54) is 0 Å². The molecule has 24 heavy (non-hydrogen) atoms. The molecule has 0 atom stereocenters. The highest BCUT2D eigenvalue weighted by Crippen LogP contribution is 2.19. The van der Waals surface area contributed by atoms with Gasteiger partial charge in [-0.2, -0.15) is 4.98 Å². The topological polar surface area (TPSA) is 68.0 Å². The molecule has 0 radical (unpaired) electrons. The first-order valence-electron chi connectivity index (χ1n) is 7.87. The fourth-order valence-corrected chi connectivity index (χ4v) is 2.38. The van der Waals surface area contributed by atoms with Gasteiger partial charge in [0.05, 0.1) is 0 Å². The van der Waals surface area contributed by atoms with Crippen LogP contribution < -0.4 is 5.32 Å². The van der Waals surface area contributed by atoms with E-state index in [4.69, 9.17) is 4.52 Å². The molecule has 1 N–H and O–H groups in total. The van der Waals surface area contributed by atoms with Crippen LogP contribution in [0.1, 0.15) is 23.4 Å². The second kappa shape index (κ2) is 7.08. The Morgan fingerprint density at radius 3 is 2.67 bits per heavy atom. The Morgan fingerprint density at radius 2 is 1.88 bits per heavy atom. The van der Waals surface area contributed by atoms with Crippen molar-refractivity contribution in [2.45, 2.75) is 26.7 Å². The average molecular weight is 321 g/mol. The highest BCUT2D eigenvalue weighted by Gasteiger charge is 2.11. The zero-order valence-corrected chi connectivity index (χ0v) is 13.7.